The van der Waals surface area contributed by atoms with Gasteiger partial charge in [0.2, 0.25) is 5.91 Å². The third kappa shape index (κ3) is 4.16. The highest BCUT2D eigenvalue weighted by Gasteiger charge is 2.55. The first-order valence-corrected chi connectivity index (χ1v) is 13.0. The fourth-order valence-corrected chi connectivity index (χ4v) is 7.66. The summed E-state index contributed by atoms with van der Waals surface area (Å²) in [5.41, 5.74) is 0.598. The van der Waals surface area contributed by atoms with E-state index in [0.717, 1.165) is 62.2 Å². The van der Waals surface area contributed by atoms with Gasteiger partial charge in [-0.3, -0.25) is 9.59 Å². The average molecular weight is 453 g/mol. The maximum absolute atomic E-state index is 13.6. The van der Waals surface area contributed by atoms with E-state index in [2.05, 4.69) is 4.90 Å². The van der Waals surface area contributed by atoms with E-state index in [-0.39, 0.29) is 17.4 Å². The SMILES string of the molecule is O=C(c1ccc(OCC2CCCO2)cc1)N1CCN(C(=O)C23CC4CC(CC(C4)C2)C3)CC1. The van der Waals surface area contributed by atoms with Crippen molar-refractivity contribution in [1.29, 1.82) is 0 Å². The van der Waals surface area contributed by atoms with Crippen LogP contribution >= 0.6 is 0 Å². The molecule has 178 valence electrons. The summed E-state index contributed by atoms with van der Waals surface area (Å²) in [6.45, 7) is 3.95. The van der Waals surface area contributed by atoms with E-state index in [1.54, 1.807) is 0 Å². The fourth-order valence-electron chi connectivity index (χ4n) is 7.66. The van der Waals surface area contributed by atoms with E-state index >= 15 is 0 Å². The van der Waals surface area contributed by atoms with Gasteiger partial charge in [0.25, 0.3) is 5.91 Å². The van der Waals surface area contributed by atoms with Crippen LogP contribution in [-0.2, 0) is 9.53 Å². The van der Waals surface area contributed by atoms with Gasteiger partial charge in [0.05, 0.1) is 11.5 Å². The highest BCUT2D eigenvalue weighted by atomic mass is 16.5. The highest BCUT2D eigenvalue weighted by Crippen LogP contribution is 2.60. The molecule has 6 aliphatic rings. The summed E-state index contributed by atoms with van der Waals surface area (Å²) in [6.07, 6.45) is 9.72. The molecule has 4 bridgehead atoms. The Morgan fingerprint density at radius 1 is 0.909 bits per heavy atom. The second-order valence-electron chi connectivity index (χ2n) is 11.3. The highest BCUT2D eigenvalue weighted by molar-refractivity contribution is 5.94. The van der Waals surface area contributed by atoms with E-state index in [1.807, 2.05) is 29.2 Å². The monoisotopic (exact) mass is 452 g/mol. The maximum atomic E-state index is 13.6. The van der Waals surface area contributed by atoms with Gasteiger partial charge in [0.1, 0.15) is 12.4 Å². The summed E-state index contributed by atoms with van der Waals surface area (Å²) < 4.78 is 11.4. The van der Waals surface area contributed by atoms with Crippen LogP contribution in [-0.4, -0.2) is 67.1 Å². The number of benzene rings is 1. The zero-order chi connectivity index (χ0) is 22.4. The van der Waals surface area contributed by atoms with E-state index in [0.29, 0.717) is 44.3 Å². The van der Waals surface area contributed by atoms with Crippen molar-refractivity contribution in [1.82, 2.24) is 9.80 Å². The quantitative estimate of drug-likeness (QED) is 0.683. The second-order valence-corrected chi connectivity index (χ2v) is 11.3. The van der Waals surface area contributed by atoms with Crippen molar-refractivity contribution in [3.63, 3.8) is 0 Å². The molecule has 0 N–H and O–H groups in total. The molecule has 33 heavy (non-hydrogen) atoms. The Bertz CT molecular complexity index is 849. The van der Waals surface area contributed by atoms with Crippen molar-refractivity contribution in [2.75, 3.05) is 39.4 Å². The van der Waals surface area contributed by atoms with Gasteiger partial charge in [-0.05, 0) is 93.4 Å². The molecule has 1 atom stereocenters. The second kappa shape index (κ2) is 8.61. The molecule has 6 heteroatoms. The maximum Gasteiger partial charge on any atom is 0.253 e. The average Bonchev–Trinajstić information content (AvgIpc) is 3.35. The Labute approximate surface area is 196 Å². The number of carbonyl (C=O) groups excluding carboxylic acids is 2. The molecule has 0 radical (unpaired) electrons. The lowest BCUT2D eigenvalue weighted by molar-refractivity contribution is -0.159. The minimum absolute atomic E-state index is 0.0441. The molecule has 0 spiro atoms. The zero-order valence-electron chi connectivity index (χ0n) is 19.5. The number of nitrogens with zero attached hydrogens (tertiary/aromatic N) is 2. The zero-order valence-corrected chi connectivity index (χ0v) is 19.5. The lowest BCUT2D eigenvalue weighted by Gasteiger charge is -2.57. The van der Waals surface area contributed by atoms with Gasteiger partial charge in [-0.2, -0.15) is 0 Å². The summed E-state index contributed by atoms with van der Waals surface area (Å²) in [5, 5.41) is 0. The molecule has 6 nitrogen and oxygen atoms in total. The van der Waals surface area contributed by atoms with Gasteiger partial charge in [-0.15, -0.1) is 0 Å². The minimum Gasteiger partial charge on any atom is -0.491 e. The Morgan fingerprint density at radius 2 is 1.52 bits per heavy atom. The van der Waals surface area contributed by atoms with Gasteiger partial charge in [-0.25, -0.2) is 0 Å². The first kappa shape index (κ1) is 21.5. The molecular formula is C27H36N2O4. The predicted molar refractivity (Wildman–Crippen MR) is 124 cm³/mol. The van der Waals surface area contributed by atoms with Crippen LogP contribution in [0.25, 0.3) is 0 Å². The number of piperazine rings is 1. The standard InChI is InChI=1S/C27H36N2O4/c30-25(22-3-5-23(6-4-22)33-18-24-2-1-11-32-24)28-7-9-29(10-8-28)26(31)27-15-19-12-20(16-27)14-21(13-19)17-27/h3-6,19-21,24H,1-2,7-18H2. The van der Waals surface area contributed by atoms with Crippen molar-refractivity contribution in [3.8, 4) is 5.75 Å². The van der Waals surface area contributed by atoms with Crippen LogP contribution in [0.2, 0.25) is 0 Å². The molecule has 7 rings (SSSR count). The van der Waals surface area contributed by atoms with Gasteiger partial charge in [-0.1, -0.05) is 0 Å². The van der Waals surface area contributed by atoms with Crippen molar-refractivity contribution in [2.45, 2.75) is 57.5 Å². The van der Waals surface area contributed by atoms with Crippen LogP contribution in [0.3, 0.4) is 0 Å². The summed E-state index contributed by atoms with van der Waals surface area (Å²) in [4.78, 5) is 30.6. The molecule has 1 aromatic rings. The van der Waals surface area contributed by atoms with Crippen LogP contribution in [0.5, 0.6) is 5.75 Å². The van der Waals surface area contributed by atoms with Crippen LogP contribution < -0.4 is 4.74 Å². The van der Waals surface area contributed by atoms with E-state index in [1.165, 1.54) is 19.3 Å². The van der Waals surface area contributed by atoms with Crippen molar-refractivity contribution in [2.24, 2.45) is 23.2 Å². The summed E-state index contributed by atoms with van der Waals surface area (Å²) >= 11 is 0. The molecule has 4 aliphatic carbocycles. The topological polar surface area (TPSA) is 59.1 Å². The number of carbonyl (C=O) groups is 2. The molecule has 1 unspecified atom stereocenters. The van der Waals surface area contributed by atoms with Gasteiger partial charge >= 0.3 is 0 Å². The van der Waals surface area contributed by atoms with Crippen molar-refractivity contribution < 1.29 is 19.1 Å². The third-order valence-electron chi connectivity index (χ3n) is 8.91. The number of ether oxygens (including phenoxy) is 2. The summed E-state index contributed by atoms with van der Waals surface area (Å²) in [7, 11) is 0. The lowest BCUT2D eigenvalue weighted by Crippen LogP contribution is -2.58. The van der Waals surface area contributed by atoms with Crippen LogP contribution in [0, 0.1) is 23.2 Å². The third-order valence-corrected chi connectivity index (χ3v) is 8.91. The predicted octanol–water partition coefficient (Wildman–Crippen LogP) is 3.75. The molecule has 2 amide bonds. The molecule has 2 heterocycles. The Balaban J connectivity index is 1.02. The molecule has 4 saturated carbocycles. The smallest absolute Gasteiger partial charge is 0.253 e. The number of amides is 2. The van der Waals surface area contributed by atoms with Gasteiger partial charge in [0.15, 0.2) is 0 Å². The normalized spacial score (nSPS) is 35.2. The first-order valence-electron chi connectivity index (χ1n) is 13.0. The lowest BCUT2D eigenvalue weighted by atomic mass is 9.49. The largest absolute Gasteiger partial charge is 0.491 e. The van der Waals surface area contributed by atoms with Gasteiger partial charge in [0, 0.05) is 38.3 Å². The first-order chi connectivity index (χ1) is 16.1. The number of rotatable bonds is 5. The van der Waals surface area contributed by atoms with E-state index in [9.17, 15) is 9.59 Å². The fraction of sp³-hybridized carbons (Fsp3) is 0.704. The Morgan fingerprint density at radius 3 is 2.09 bits per heavy atom. The van der Waals surface area contributed by atoms with Crippen LogP contribution in [0.1, 0.15) is 61.7 Å². The van der Waals surface area contributed by atoms with Gasteiger partial charge < -0.3 is 19.3 Å². The minimum atomic E-state index is -0.0830. The summed E-state index contributed by atoms with van der Waals surface area (Å²) in [5.74, 6) is 3.54. The Hall–Kier alpha value is -2.08. The van der Waals surface area contributed by atoms with Crippen molar-refractivity contribution in [3.05, 3.63) is 29.8 Å². The Kier molecular flexibility index (Phi) is 5.60. The summed E-state index contributed by atoms with van der Waals surface area (Å²) in [6, 6.07) is 7.43. The molecule has 2 saturated heterocycles. The van der Waals surface area contributed by atoms with E-state index < -0.39 is 0 Å². The van der Waals surface area contributed by atoms with Crippen LogP contribution in [0.4, 0.5) is 0 Å². The molecular weight excluding hydrogens is 416 g/mol. The molecule has 6 fully saturated rings. The molecule has 2 aliphatic heterocycles. The molecule has 1 aromatic carbocycles. The number of hydrogen-bond donors (Lipinski definition) is 0. The van der Waals surface area contributed by atoms with Crippen LogP contribution in [0.15, 0.2) is 24.3 Å². The van der Waals surface area contributed by atoms with Crippen molar-refractivity contribution >= 4 is 11.8 Å². The molecule has 0 aromatic heterocycles. The van der Waals surface area contributed by atoms with E-state index in [4.69, 9.17) is 9.47 Å². The number of hydrogen-bond acceptors (Lipinski definition) is 4.